The molecule has 2 atom stereocenters. The van der Waals surface area contributed by atoms with Gasteiger partial charge in [-0.2, -0.15) is 0 Å². The van der Waals surface area contributed by atoms with E-state index in [2.05, 4.69) is 5.32 Å². The molecule has 0 unspecified atom stereocenters. The fourth-order valence-electron chi connectivity index (χ4n) is 3.64. The van der Waals surface area contributed by atoms with Crippen LogP contribution in [0.1, 0.15) is 37.0 Å². The van der Waals surface area contributed by atoms with Crippen molar-refractivity contribution in [3.05, 3.63) is 102 Å². The lowest BCUT2D eigenvalue weighted by Gasteiger charge is -2.32. The maximum absolute atomic E-state index is 13.5. The summed E-state index contributed by atoms with van der Waals surface area (Å²) < 4.78 is 5.80. The largest absolute Gasteiger partial charge is 0.484 e. The second kappa shape index (κ2) is 12.6. The van der Waals surface area contributed by atoms with Gasteiger partial charge in [-0.1, -0.05) is 85.3 Å². The first-order chi connectivity index (χ1) is 16.5. The van der Waals surface area contributed by atoms with Crippen LogP contribution in [0.4, 0.5) is 0 Å². The molecular weight excluding hydrogens is 424 g/mol. The summed E-state index contributed by atoms with van der Waals surface area (Å²) in [6.07, 6.45) is 1.24. The molecule has 5 nitrogen and oxygen atoms in total. The Kier molecular flexibility index (Phi) is 9.27. The Hall–Kier alpha value is -3.60. The number of aryl methyl sites for hydroxylation is 1. The number of hydrogen-bond donors (Lipinski definition) is 1. The zero-order chi connectivity index (χ0) is 24.3. The molecular formula is C29H34N2O3. The molecule has 0 aliphatic carbocycles. The standard InChI is InChI=1S/C29H34N2O3/c1-4-23(3)30-29(33)27(19-24-11-7-5-8-12-24)31(20-25-13-9-6-10-14-25)28(32)21-34-26-17-15-22(2)16-18-26/h5-18,23,27H,4,19-21H2,1-3H3,(H,30,33)/t23-,27+/m0/s1. The van der Waals surface area contributed by atoms with Crippen LogP contribution in [0.2, 0.25) is 0 Å². The van der Waals surface area contributed by atoms with Crippen LogP contribution in [-0.2, 0) is 22.6 Å². The molecule has 0 aliphatic heterocycles. The zero-order valence-electron chi connectivity index (χ0n) is 20.2. The van der Waals surface area contributed by atoms with Crippen LogP contribution in [0.5, 0.6) is 5.75 Å². The van der Waals surface area contributed by atoms with Gasteiger partial charge in [-0.05, 0) is 43.5 Å². The van der Waals surface area contributed by atoms with Crippen LogP contribution in [-0.4, -0.2) is 35.4 Å². The van der Waals surface area contributed by atoms with Gasteiger partial charge in [0.1, 0.15) is 11.8 Å². The van der Waals surface area contributed by atoms with Crippen molar-refractivity contribution >= 4 is 11.8 Å². The quantitative estimate of drug-likeness (QED) is 0.443. The number of carbonyl (C=O) groups is 2. The summed E-state index contributed by atoms with van der Waals surface area (Å²) in [7, 11) is 0. The minimum absolute atomic E-state index is 0.0169. The van der Waals surface area contributed by atoms with Crippen molar-refractivity contribution in [1.29, 1.82) is 0 Å². The van der Waals surface area contributed by atoms with E-state index in [-0.39, 0.29) is 24.5 Å². The van der Waals surface area contributed by atoms with E-state index < -0.39 is 6.04 Å². The molecule has 0 saturated carbocycles. The Morgan fingerprint density at radius 3 is 2.06 bits per heavy atom. The SMILES string of the molecule is CC[C@H](C)NC(=O)[C@@H](Cc1ccccc1)N(Cc1ccccc1)C(=O)COc1ccc(C)cc1. The third-order valence-electron chi connectivity index (χ3n) is 5.85. The van der Waals surface area contributed by atoms with Gasteiger partial charge in [-0.3, -0.25) is 9.59 Å². The molecule has 1 N–H and O–H groups in total. The highest BCUT2D eigenvalue weighted by Gasteiger charge is 2.31. The smallest absolute Gasteiger partial charge is 0.261 e. The molecule has 0 heterocycles. The maximum Gasteiger partial charge on any atom is 0.261 e. The molecule has 0 aliphatic rings. The minimum Gasteiger partial charge on any atom is -0.484 e. The van der Waals surface area contributed by atoms with Crippen LogP contribution in [0.3, 0.4) is 0 Å². The third-order valence-corrected chi connectivity index (χ3v) is 5.85. The van der Waals surface area contributed by atoms with Crippen molar-refractivity contribution in [1.82, 2.24) is 10.2 Å². The van der Waals surface area contributed by atoms with Gasteiger partial charge in [0, 0.05) is 19.0 Å². The number of amides is 2. The summed E-state index contributed by atoms with van der Waals surface area (Å²) in [5.74, 6) is 0.241. The maximum atomic E-state index is 13.5. The topological polar surface area (TPSA) is 58.6 Å². The number of nitrogens with zero attached hydrogens (tertiary/aromatic N) is 1. The monoisotopic (exact) mass is 458 g/mol. The van der Waals surface area contributed by atoms with Crippen LogP contribution in [0.25, 0.3) is 0 Å². The van der Waals surface area contributed by atoms with E-state index in [9.17, 15) is 9.59 Å². The van der Waals surface area contributed by atoms with E-state index in [1.54, 1.807) is 4.90 Å². The lowest BCUT2D eigenvalue weighted by atomic mass is 10.0. The van der Waals surface area contributed by atoms with E-state index in [0.29, 0.717) is 18.7 Å². The summed E-state index contributed by atoms with van der Waals surface area (Å²) in [5.41, 5.74) is 3.08. The van der Waals surface area contributed by atoms with Gasteiger partial charge in [0.15, 0.2) is 6.61 Å². The number of nitrogens with one attached hydrogen (secondary N) is 1. The van der Waals surface area contributed by atoms with E-state index in [0.717, 1.165) is 23.1 Å². The van der Waals surface area contributed by atoms with E-state index >= 15 is 0 Å². The van der Waals surface area contributed by atoms with Crippen LogP contribution in [0, 0.1) is 6.92 Å². The van der Waals surface area contributed by atoms with Crippen molar-refractivity contribution in [3.8, 4) is 5.75 Å². The summed E-state index contributed by atoms with van der Waals surface area (Å²) in [4.78, 5) is 28.6. The van der Waals surface area contributed by atoms with Gasteiger partial charge < -0.3 is 15.0 Å². The minimum atomic E-state index is -0.661. The fraction of sp³-hybridized carbons (Fsp3) is 0.310. The summed E-state index contributed by atoms with van der Waals surface area (Å²) in [5, 5.41) is 3.08. The number of rotatable bonds is 11. The second-order valence-electron chi connectivity index (χ2n) is 8.63. The molecule has 0 bridgehead atoms. The number of ether oxygens (including phenoxy) is 1. The van der Waals surface area contributed by atoms with E-state index in [1.165, 1.54) is 0 Å². The lowest BCUT2D eigenvalue weighted by molar-refractivity contribution is -0.143. The highest BCUT2D eigenvalue weighted by Crippen LogP contribution is 2.17. The van der Waals surface area contributed by atoms with Crippen LogP contribution in [0.15, 0.2) is 84.9 Å². The Bertz CT molecular complexity index is 1040. The Morgan fingerprint density at radius 2 is 1.47 bits per heavy atom. The average molecular weight is 459 g/mol. The molecule has 0 fully saturated rings. The Balaban J connectivity index is 1.88. The van der Waals surface area contributed by atoms with Crippen LogP contribution >= 0.6 is 0 Å². The Labute approximate surface area is 202 Å². The molecule has 5 heteroatoms. The van der Waals surface area contributed by atoms with Crippen molar-refractivity contribution < 1.29 is 14.3 Å². The fourth-order valence-corrected chi connectivity index (χ4v) is 3.64. The van der Waals surface area contributed by atoms with Crippen molar-refractivity contribution in [2.24, 2.45) is 0 Å². The zero-order valence-corrected chi connectivity index (χ0v) is 20.2. The normalized spacial score (nSPS) is 12.4. The molecule has 3 aromatic carbocycles. The Morgan fingerprint density at radius 1 is 0.882 bits per heavy atom. The van der Waals surface area contributed by atoms with Crippen molar-refractivity contribution in [2.45, 2.75) is 52.2 Å². The molecule has 178 valence electrons. The van der Waals surface area contributed by atoms with Crippen molar-refractivity contribution in [2.75, 3.05) is 6.61 Å². The molecule has 0 saturated heterocycles. The van der Waals surface area contributed by atoms with Gasteiger partial charge >= 0.3 is 0 Å². The average Bonchev–Trinajstić information content (AvgIpc) is 2.86. The van der Waals surface area contributed by atoms with Crippen molar-refractivity contribution in [3.63, 3.8) is 0 Å². The number of hydrogen-bond acceptors (Lipinski definition) is 3. The highest BCUT2D eigenvalue weighted by atomic mass is 16.5. The van der Waals surface area contributed by atoms with Crippen LogP contribution < -0.4 is 10.1 Å². The summed E-state index contributed by atoms with van der Waals surface area (Å²) in [6.45, 7) is 6.18. The first-order valence-corrected chi connectivity index (χ1v) is 11.8. The molecule has 2 amide bonds. The highest BCUT2D eigenvalue weighted by molar-refractivity contribution is 5.88. The molecule has 0 aromatic heterocycles. The predicted octanol–water partition coefficient (Wildman–Crippen LogP) is 4.93. The van der Waals surface area contributed by atoms with Gasteiger partial charge in [0.25, 0.3) is 5.91 Å². The lowest BCUT2D eigenvalue weighted by Crippen LogP contribution is -2.53. The van der Waals surface area contributed by atoms with Gasteiger partial charge in [-0.15, -0.1) is 0 Å². The van der Waals surface area contributed by atoms with Gasteiger partial charge in [0.05, 0.1) is 0 Å². The number of benzene rings is 3. The molecule has 3 aromatic rings. The first-order valence-electron chi connectivity index (χ1n) is 11.8. The molecule has 0 spiro atoms. The number of carbonyl (C=O) groups excluding carboxylic acids is 2. The molecule has 34 heavy (non-hydrogen) atoms. The predicted molar refractivity (Wildman–Crippen MR) is 135 cm³/mol. The van der Waals surface area contributed by atoms with E-state index in [1.807, 2.05) is 106 Å². The van der Waals surface area contributed by atoms with Gasteiger partial charge in [0.2, 0.25) is 5.91 Å². The third kappa shape index (κ3) is 7.48. The molecule has 3 rings (SSSR count). The van der Waals surface area contributed by atoms with E-state index in [4.69, 9.17) is 4.74 Å². The first kappa shape index (κ1) is 25.0. The molecule has 0 radical (unpaired) electrons. The summed E-state index contributed by atoms with van der Waals surface area (Å²) >= 11 is 0. The van der Waals surface area contributed by atoms with Gasteiger partial charge in [-0.25, -0.2) is 0 Å². The summed E-state index contributed by atoms with van der Waals surface area (Å²) in [6, 6.07) is 26.5. The second-order valence-corrected chi connectivity index (χ2v) is 8.63.